The number of hydrogen-bond donors (Lipinski definition) is 2. The first kappa shape index (κ1) is 15.0. The van der Waals surface area contributed by atoms with Gasteiger partial charge in [-0.15, -0.1) is 0 Å². The highest BCUT2D eigenvalue weighted by atomic mass is 16.5. The van der Waals surface area contributed by atoms with Crippen molar-refractivity contribution in [3.63, 3.8) is 0 Å². The summed E-state index contributed by atoms with van der Waals surface area (Å²) in [5, 5.41) is 3.02. The molecular formula is C16H24N2O2. The zero-order chi connectivity index (χ0) is 14.4. The zero-order valence-electron chi connectivity index (χ0n) is 12.1. The van der Waals surface area contributed by atoms with E-state index in [-0.39, 0.29) is 5.91 Å². The third-order valence-corrected chi connectivity index (χ3v) is 3.93. The number of carbonyl (C=O) groups excluding carboxylic acids is 1. The minimum Gasteiger partial charge on any atom is -0.378 e. The summed E-state index contributed by atoms with van der Waals surface area (Å²) in [6.45, 7) is 4.20. The van der Waals surface area contributed by atoms with Gasteiger partial charge in [0.1, 0.15) is 0 Å². The molecule has 2 unspecified atom stereocenters. The van der Waals surface area contributed by atoms with Crippen molar-refractivity contribution in [2.45, 2.75) is 38.8 Å². The summed E-state index contributed by atoms with van der Waals surface area (Å²) in [7, 11) is 0. The highest BCUT2D eigenvalue weighted by molar-refractivity contribution is 5.78. The molecule has 1 aromatic rings. The van der Waals surface area contributed by atoms with E-state index in [0.29, 0.717) is 25.0 Å². The first-order chi connectivity index (χ1) is 9.72. The smallest absolute Gasteiger partial charge is 0.224 e. The van der Waals surface area contributed by atoms with Gasteiger partial charge in [0.05, 0.1) is 12.5 Å². The van der Waals surface area contributed by atoms with Crippen LogP contribution < -0.4 is 11.1 Å². The van der Waals surface area contributed by atoms with Crippen LogP contribution in [-0.2, 0) is 22.5 Å². The van der Waals surface area contributed by atoms with E-state index in [1.807, 2.05) is 24.3 Å². The van der Waals surface area contributed by atoms with Crippen molar-refractivity contribution in [1.82, 2.24) is 5.32 Å². The summed E-state index contributed by atoms with van der Waals surface area (Å²) in [4.78, 5) is 11.9. The summed E-state index contributed by atoms with van der Waals surface area (Å²) in [6, 6.07) is 7.88. The Kier molecular flexibility index (Phi) is 5.56. The second-order valence-electron chi connectivity index (χ2n) is 5.37. The number of ether oxygens (including phenoxy) is 1. The van der Waals surface area contributed by atoms with Gasteiger partial charge in [0.25, 0.3) is 0 Å². The topological polar surface area (TPSA) is 64.3 Å². The van der Waals surface area contributed by atoms with E-state index in [0.717, 1.165) is 37.1 Å². The number of amides is 1. The number of hydrogen-bond acceptors (Lipinski definition) is 3. The molecule has 1 heterocycles. The maximum absolute atomic E-state index is 11.9. The maximum Gasteiger partial charge on any atom is 0.224 e. The molecule has 20 heavy (non-hydrogen) atoms. The van der Waals surface area contributed by atoms with Crippen molar-refractivity contribution in [2.75, 3.05) is 13.2 Å². The van der Waals surface area contributed by atoms with E-state index in [1.165, 1.54) is 0 Å². The number of nitrogens with one attached hydrogen (secondary N) is 1. The van der Waals surface area contributed by atoms with E-state index in [2.05, 4.69) is 12.2 Å². The average Bonchev–Trinajstić information content (AvgIpc) is 2.93. The lowest BCUT2D eigenvalue weighted by molar-refractivity contribution is -0.120. The summed E-state index contributed by atoms with van der Waals surface area (Å²) < 4.78 is 5.63. The number of nitrogens with two attached hydrogens (primary N) is 1. The number of rotatable bonds is 6. The molecule has 1 aliphatic heterocycles. The minimum atomic E-state index is 0.0762. The normalized spacial score (nSPS) is 21.9. The summed E-state index contributed by atoms with van der Waals surface area (Å²) in [5.74, 6) is 0.538. The molecule has 2 atom stereocenters. The Bertz CT molecular complexity index is 431. The third-order valence-electron chi connectivity index (χ3n) is 3.93. The molecule has 0 bridgehead atoms. The molecule has 0 saturated carbocycles. The third kappa shape index (κ3) is 4.05. The minimum absolute atomic E-state index is 0.0762. The van der Waals surface area contributed by atoms with Crippen molar-refractivity contribution in [2.24, 2.45) is 11.7 Å². The Hall–Kier alpha value is -1.39. The highest BCUT2D eigenvalue weighted by Crippen LogP contribution is 2.22. The average molecular weight is 276 g/mol. The fourth-order valence-corrected chi connectivity index (χ4v) is 2.66. The molecule has 1 amide bonds. The molecule has 0 aromatic heterocycles. The molecule has 0 spiro atoms. The van der Waals surface area contributed by atoms with E-state index in [1.54, 1.807) is 0 Å². The van der Waals surface area contributed by atoms with Gasteiger partial charge in [-0.2, -0.15) is 0 Å². The Morgan fingerprint density at radius 1 is 1.35 bits per heavy atom. The van der Waals surface area contributed by atoms with Gasteiger partial charge in [-0.1, -0.05) is 31.2 Å². The summed E-state index contributed by atoms with van der Waals surface area (Å²) in [5.41, 5.74) is 7.66. The van der Waals surface area contributed by atoms with Crippen LogP contribution in [-0.4, -0.2) is 25.2 Å². The molecule has 1 fully saturated rings. The van der Waals surface area contributed by atoms with Crippen LogP contribution in [0.2, 0.25) is 0 Å². The van der Waals surface area contributed by atoms with Crippen LogP contribution in [0.5, 0.6) is 0 Å². The Morgan fingerprint density at radius 3 is 2.70 bits per heavy atom. The van der Waals surface area contributed by atoms with Gasteiger partial charge in [0.15, 0.2) is 0 Å². The number of benzene rings is 1. The highest BCUT2D eigenvalue weighted by Gasteiger charge is 2.26. The van der Waals surface area contributed by atoms with Gasteiger partial charge >= 0.3 is 0 Å². The van der Waals surface area contributed by atoms with Gasteiger partial charge in [-0.3, -0.25) is 4.79 Å². The quantitative estimate of drug-likeness (QED) is 0.830. The predicted molar refractivity (Wildman–Crippen MR) is 79.2 cm³/mol. The van der Waals surface area contributed by atoms with Crippen molar-refractivity contribution < 1.29 is 9.53 Å². The molecule has 0 aliphatic carbocycles. The van der Waals surface area contributed by atoms with Crippen molar-refractivity contribution >= 4 is 5.91 Å². The van der Waals surface area contributed by atoms with Crippen LogP contribution >= 0.6 is 0 Å². The molecule has 2 rings (SSSR count). The summed E-state index contributed by atoms with van der Waals surface area (Å²) in [6.07, 6.45) is 2.79. The van der Waals surface area contributed by atoms with Gasteiger partial charge in [0.2, 0.25) is 5.91 Å². The van der Waals surface area contributed by atoms with Crippen LogP contribution in [0.3, 0.4) is 0 Å². The SMILES string of the molecule is CCC1OCCC1CNC(=O)Cc1ccc(CN)cc1. The van der Waals surface area contributed by atoms with Gasteiger partial charge < -0.3 is 15.8 Å². The lowest BCUT2D eigenvalue weighted by Crippen LogP contribution is -2.33. The second-order valence-corrected chi connectivity index (χ2v) is 5.37. The van der Waals surface area contributed by atoms with Crippen molar-refractivity contribution in [3.8, 4) is 0 Å². The lowest BCUT2D eigenvalue weighted by Gasteiger charge is -2.17. The zero-order valence-corrected chi connectivity index (χ0v) is 12.1. The lowest BCUT2D eigenvalue weighted by atomic mass is 9.99. The van der Waals surface area contributed by atoms with Crippen LogP contribution in [0.1, 0.15) is 30.9 Å². The first-order valence-electron chi connectivity index (χ1n) is 7.39. The van der Waals surface area contributed by atoms with E-state index in [9.17, 15) is 4.79 Å². The van der Waals surface area contributed by atoms with E-state index in [4.69, 9.17) is 10.5 Å². The molecule has 1 aliphatic rings. The predicted octanol–water partition coefficient (Wildman–Crippen LogP) is 1.62. The first-order valence-corrected chi connectivity index (χ1v) is 7.39. The van der Waals surface area contributed by atoms with Crippen LogP contribution in [0.4, 0.5) is 0 Å². The van der Waals surface area contributed by atoms with Crippen LogP contribution in [0.25, 0.3) is 0 Å². The van der Waals surface area contributed by atoms with Crippen LogP contribution in [0, 0.1) is 5.92 Å². The molecule has 4 heteroatoms. The van der Waals surface area contributed by atoms with Gasteiger partial charge in [-0.05, 0) is 24.0 Å². The maximum atomic E-state index is 11.9. The monoisotopic (exact) mass is 276 g/mol. The second kappa shape index (κ2) is 7.41. The van der Waals surface area contributed by atoms with E-state index >= 15 is 0 Å². The Morgan fingerprint density at radius 2 is 2.05 bits per heavy atom. The van der Waals surface area contributed by atoms with E-state index < -0.39 is 0 Å². The Balaban J connectivity index is 1.77. The van der Waals surface area contributed by atoms with Crippen molar-refractivity contribution in [1.29, 1.82) is 0 Å². The fourth-order valence-electron chi connectivity index (χ4n) is 2.66. The Labute approximate surface area is 120 Å². The molecular weight excluding hydrogens is 252 g/mol. The molecule has 0 radical (unpaired) electrons. The standard InChI is InChI=1S/C16H24N2O2/c1-2-15-14(7-8-20-15)11-18-16(19)9-12-3-5-13(10-17)6-4-12/h3-6,14-15H,2,7-11,17H2,1H3,(H,18,19). The molecule has 1 aromatic carbocycles. The molecule has 1 saturated heterocycles. The fraction of sp³-hybridized carbons (Fsp3) is 0.562. The van der Waals surface area contributed by atoms with Gasteiger partial charge in [-0.25, -0.2) is 0 Å². The van der Waals surface area contributed by atoms with Gasteiger partial charge in [0, 0.05) is 25.6 Å². The molecule has 110 valence electrons. The molecule has 3 N–H and O–H groups in total. The number of carbonyl (C=O) groups is 1. The molecule has 4 nitrogen and oxygen atoms in total. The summed E-state index contributed by atoms with van der Waals surface area (Å²) >= 11 is 0. The van der Waals surface area contributed by atoms with Crippen molar-refractivity contribution in [3.05, 3.63) is 35.4 Å². The largest absolute Gasteiger partial charge is 0.378 e. The van der Waals surface area contributed by atoms with Crippen LogP contribution in [0.15, 0.2) is 24.3 Å².